The maximum absolute atomic E-state index is 12.0. The SMILES string of the molecule is C[C@H]([NH+]=C1CC(=O)OC12CCCCC2)c1ccc(N2CCCCC2)cc1. The van der Waals surface area contributed by atoms with Crippen LogP contribution in [-0.2, 0) is 9.53 Å². The fourth-order valence-corrected chi connectivity index (χ4v) is 4.80. The number of rotatable bonds is 3. The predicted octanol–water partition coefficient (Wildman–Crippen LogP) is 2.91. The molecule has 1 aromatic rings. The van der Waals surface area contributed by atoms with Gasteiger partial charge in [0.25, 0.3) is 0 Å². The summed E-state index contributed by atoms with van der Waals surface area (Å²) in [6.45, 7) is 4.53. The van der Waals surface area contributed by atoms with Crippen LogP contribution in [0.2, 0.25) is 0 Å². The maximum atomic E-state index is 12.0. The Morgan fingerprint density at radius 2 is 1.65 bits per heavy atom. The molecule has 0 amide bonds. The van der Waals surface area contributed by atoms with Crippen molar-refractivity contribution in [3.05, 3.63) is 29.8 Å². The van der Waals surface area contributed by atoms with E-state index in [0.29, 0.717) is 6.42 Å². The average molecular weight is 356 g/mol. The first-order valence-corrected chi connectivity index (χ1v) is 10.4. The molecule has 4 heteroatoms. The summed E-state index contributed by atoms with van der Waals surface area (Å²) in [4.78, 5) is 18.1. The molecule has 4 nitrogen and oxygen atoms in total. The van der Waals surface area contributed by atoms with Crippen LogP contribution >= 0.6 is 0 Å². The van der Waals surface area contributed by atoms with Crippen molar-refractivity contribution >= 4 is 17.4 Å². The Hall–Kier alpha value is -1.84. The van der Waals surface area contributed by atoms with E-state index >= 15 is 0 Å². The van der Waals surface area contributed by atoms with Gasteiger partial charge in [-0.2, -0.15) is 0 Å². The van der Waals surface area contributed by atoms with Crippen molar-refractivity contribution in [3.63, 3.8) is 0 Å². The Labute approximate surface area is 156 Å². The lowest BCUT2D eigenvalue weighted by Gasteiger charge is -2.29. The molecule has 26 heavy (non-hydrogen) atoms. The standard InChI is InChI=1S/C22H30N2O2/c1-17(18-8-10-19(11-9-18)24-14-6-3-7-15-24)23-20-16-21(25)26-22(20)12-4-2-5-13-22/h8-11,17H,2-7,12-16H2,1H3/p+1/t17-/m0/s1. The third-order valence-corrected chi connectivity index (χ3v) is 6.35. The molecule has 0 bridgehead atoms. The van der Waals surface area contributed by atoms with Gasteiger partial charge in [-0.3, -0.25) is 4.79 Å². The van der Waals surface area contributed by atoms with Crippen molar-refractivity contribution in [1.82, 2.24) is 0 Å². The Kier molecular flexibility index (Phi) is 5.01. The van der Waals surface area contributed by atoms with E-state index in [1.54, 1.807) is 0 Å². The minimum absolute atomic E-state index is 0.0675. The zero-order valence-corrected chi connectivity index (χ0v) is 15.9. The first-order chi connectivity index (χ1) is 12.7. The Morgan fingerprint density at radius 1 is 1.00 bits per heavy atom. The summed E-state index contributed by atoms with van der Waals surface area (Å²) in [5.41, 5.74) is 3.37. The van der Waals surface area contributed by atoms with Gasteiger partial charge in [0.15, 0.2) is 11.6 Å². The maximum Gasteiger partial charge on any atom is 0.317 e. The zero-order chi connectivity index (χ0) is 18.0. The molecule has 0 aromatic heterocycles. The van der Waals surface area contributed by atoms with Crippen LogP contribution in [0.15, 0.2) is 24.3 Å². The molecule has 3 fully saturated rings. The number of carbonyl (C=O) groups excluding carboxylic acids is 1. The van der Waals surface area contributed by atoms with E-state index < -0.39 is 0 Å². The smallest absolute Gasteiger partial charge is 0.317 e. The molecule has 0 radical (unpaired) electrons. The third kappa shape index (κ3) is 3.51. The molecule has 0 unspecified atom stereocenters. The van der Waals surface area contributed by atoms with E-state index in [9.17, 15) is 4.79 Å². The average Bonchev–Trinajstić information content (AvgIpc) is 2.97. The number of carbonyl (C=O) groups is 1. The van der Waals surface area contributed by atoms with Crippen LogP contribution in [0.1, 0.15) is 76.3 Å². The molecule has 2 heterocycles. The number of benzene rings is 1. The summed E-state index contributed by atoms with van der Waals surface area (Å²) in [5.74, 6) is -0.0675. The molecule has 1 spiro atoms. The lowest BCUT2D eigenvalue weighted by Crippen LogP contribution is -2.77. The first-order valence-electron chi connectivity index (χ1n) is 10.4. The summed E-state index contributed by atoms with van der Waals surface area (Å²) in [7, 11) is 0. The third-order valence-electron chi connectivity index (χ3n) is 6.35. The lowest BCUT2D eigenvalue weighted by molar-refractivity contribution is -0.509. The molecule has 1 aliphatic carbocycles. The second-order valence-electron chi connectivity index (χ2n) is 8.19. The van der Waals surface area contributed by atoms with Crippen LogP contribution in [0.5, 0.6) is 0 Å². The molecule has 1 atom stereocenters. The minimum Gasteiger partial charge on any atom is -0.448 e. The predicted molar refractivity (Wildman–Crippen MR) is 103 cm³/mol. The second kappa shape index (κ2) is 7.42. The van der Waals surface area contributed by atoms with Crippen LogP contribution < -0.4 is 9.89 Å². The van der Waals surface area contributed by atoms with Gasteiger partial charge in [0.1, 0.15) is 6.42 Å². The number of ether oxygens (including phenoxy) is 1. The monoisotopic (exact) mass is 355 g/mol. The highest BCUT2D eigenvalue weighted by Gasteiger charge is 2.51. The van der Waals surface area contributed by atoms with Gasteiger partial charge in [0, 0.05) is 31.3 Å². The van der Waals surface area contributed by atoms with Crippen LogP contribution in [0.3, 0.4) is 0 Å². The van der Waals surface area contributed by atoms with Crippen molar-refractivity contribution in [2.75, 3.05) is 18.0 Å². The van der Waals surface area contributed by atoms with Crippen molar-refractivity contribution in [2.24, 2.45) is 0 Å². The number of nitrogens with one attached hydrogen (secondary N) is 1. The lowest BCUT2D eigenvalue weighted by atomic mass is 9.81. The van der Waals surface area contributed by atoms with Crippen LogP contribution in [0.25, 0.3) is 0 Å². The summed E-state index contributed by atoms with van der Waals surface area (Å²) in [6.07, 6.45) is 9.88. The molecule has 1 N–H and O–H groups in total. The van der Waals surface area contributed by atoms with Gasteiger partial charge in [0.2, 0.25) is 5.71 Å². The van der Waals surface area contributed by atoms with Gasteiger partial charge in [-0.05, 0) is 57.1 Å². The van der Waals surface area contributed by atoms with Gasteiger partial charge in [-0.1, -0.05) is 18.6 Å². The fourth-order valence-electron chi connectivity index (χ4n) is 4.80. The fraction of sp³-hybridized carbons (Fsp3) is 0.636. The number of esters is 1. The highest BCUT2D eigenvalue weighted by Crippen LogP contribution is 2.36. The van der Waals surface area contributed by atoms with E-state index in [1.807, 2.05) is 0 Å². The number of hydrogen-bond acceptors (Lipinski definition) is 3. The largest absolute Gasteiger partial charge is 0.448 e. The van der Waals surface area contributed by atoms with E-state index in [1.165, 1.54) is 50.0 Å². The molecule has 4 rings (SSSR count). The highest BCUT2D eigenvalue weighted by molar-refractivity contribution is 6.06. The summed E-state index contributed by atoms with van der Waals surface area (Å²) >= 11 is 0. The number of piperidine rings is 1. The van der Waals surface area contributed by atoms with Gasteiger partial charge < -0.3 is 9.64 Å². The molecule has 2 saturated heterocycles. The summed E-state index contributed by atoms with van der Waals surface area (Å²) in [5, 5.41) is 0. The number of hydrogen-bond donors (Lipinski definition) is 1. The van der Waals surface area contributed by atoms with E-state index in [0.717, 1.165) is 31.4 Å². The van der Waals surface area contributed by atoms with Crippen molar-refractivity contribution in [3.8, 4) is 0 Å². The quantitative estimate of drug-likeness (QED) is 0.848. The molecule has 1 aromatic carbocycles. The molecule has 140 valence electrons. The van der Waals surface area contributed by atoms with Gasteiger partial charge in [-0.15, -0.1) is 0 Å². The first kappa shape index (κ1) is 17.6. The Balaban J connectivity index is 1.50. The highest BCUT2D eigenvalue weighted by atomic mass is 16.6. The van der Waals surface area contributed by atoms with Gasteiger partial charge in [-0.25, -0.2) is 4.99 Å². The Morgan fingerprint density at radius 3 is 2.35 bits per heavy atom. The Bertz CT molecular complexity index is 668. The summed E-state index contributed by atoms with van der Waals surface area (Å²) < 4.78 is 5.79. The van der Waals surface area contributed by atoms with Crippen molar-refractivity contribution in [2.45, 2.75) is 76.4 Å². The van der Waals surface area contributed by atoms with Crippen LogP contribution in [-0.4, -0.2) is 30.4 Å². The molecule has 3 aliphatic rings. The zero-order valence-electron chi connectivity index (χ0n) is 15.9. The molecular formula is C22H31N2O2+. The normalized spacial score (nSPS) is 25.5. The summed E-state index contributed by atoms with van der Waals surface area (Å²) in [6, 6.07) is 9.14. The second-order valence-corrected chi connectivity index (χ2v) is 8.19. The van der Waals surface area contributed by atoms with Crippen molar-refractivity contribution < 1.29 is 14.5 Å². The molecule has 2 aliphatic heterocycles. The topological polar surface area (TPSA) is 43.5 Å². The molecule has 1 saturated carbocycles. The number of nitrogens with zero attached hydrogens (tertiary/aromatic N) is 1. The van der Waals surface area contributed by atoms with Gasteiger partial charge in [0.05, 0.1) is 0 Å². The van der Waals surface area contributed by atoms with Crippen LogP contribution in [0, 0.1) is 0 Å². The van der Waals surface area contributed by atoms with Crippen molar-refractivity contribution in [1.29, 1.82) is 0 Å². The van der Waals surface area contributed by atoms with E-state index in [-0.39, 0.29) is 17.6 Å². The number of anilines is 1. The van der Waals surface area contributed by atoms with E-state index in [4.69, 9.17) is 4.74 Å². The molecular weight excluding hydrogens is 324 g/mol. The van der Waals surface area contributed by atoms with Gasteiger partial charge >= 0.3 is 5.97 Å². The minimum atomic E-state index is -0.336. The van der Waals surface area contributed by atoms with E-state index in [2.05, 4.69) is 41.1 Å². The van der Waals surface area contributed by atoms with Crippen LogP contribution in [0.4, 0.5) is 5.69 Å².